The quantitative estimate of drug-likeness (QED) is 0.752. The Morgan fingerprint density at radius 1 is 1.31 bits per heavy atom. The Labute approximate surface area is 92.0 Å². The van der Waals surface area contributed by atoms with Crippen LogP contribution in [0.2, 0.25) is 0 Å². The number of rotatable bonds is 1. The van der Waals surface area contributed by atoms with E-state index in [0.717, 1.165) is 11.5 Å². The number of pyridine rings is 1. The predicted octanol–water partition coefficient (Wildman–Crippen LogP) is 0.399. The molecule has 0 saturated carbocycles. The molecule has 1 aliphatic rings. The van der Waals surface area contributed by atoms with Crippen molar-refractivity contribution in [3.63, 3.8) is 0 Å². The van der Waals surface area contributed by atoms with Gasteiger partial charge in [-0.25, -0.2) is 0 Å². The summed E-state index contributed by atoms with van der Waals surface area (Å²) in [5, 5.41) is 8.17. The molecule has 0 aromatic carbocycles. The van der Waals surface area contributed by atoms with E-state index < -0.39 is 0 Å². The van der Waals surface area contributed by atoms with Gasteiger partial charge in [-0.05, 0) is 12.1 Å². The highest BCUT2D eigenvalue weighted by Crippen LogP contribution is 2.20. The Hall–Kier alpha value is -1.66. The summed E-state index contributed by atoms with van der Waals surface area (Å²) in [5.74, 6) is 0.738. The van der Waals surface area contributed by atoms with E-state index in [2.05, 4.69) is 10.2 Å². The van der Waals surface area contributed by atoms with Gasteiger partial charge in [0.1, 0.15) is 6.10 Å². The number of aromatic nitrogens is 3. The summed E-state index contributed by atoms with van der Waals surface area (Å²) in [6, 6.07) is 3.63. The Balaban J connectivity index is 2.05. The van der Waals surface area contributed by atoms with E-state index in [1.807, 2.05) is 10.5 Å². The molecule has 16 heavy (non-hydrogen) atoms. The molecule has 2 aromatic heterocycles. The molecule has 3 heterocycles. The Morgan fingerprint density at radius 3 is 3.06 bits per heavy atom. The molecule has 84 valence electrons. The lowest BCUT2D eigenvalue weighted by Crippen LogP contribution is -2.23. The van der Waals surface area contributed by atoms with Crippen LogP contribution in [-0.4, -0.2) is 34.4 Å². The maximum Gasteiger partial charge on any atom is 0.169 e. The number of nitrogens with two attached hydrogens (primary N) is 1. The second kappa shape index (κ2) is 3.73. The fourth-order valence-electron chi connectivity index (χ4n) is 1.78. The van der Waals surface area contributed by atoms with E-state index in [4.69, 9.17) is 15.2 Å². The topological polar surface area (TPSA) is 74.7 Å². The zero-order chi connectivity index (χ0) is 11.0. The van der Waals surface area contributed by atoms with E-state index in [0.29, 0.717) is 25.5 Å². The van der Waals surface area contributed by atoms with Gasteiger partial charge < -0.3 is 15.2 Å². The van der Waals surface area contributed by atoms with Gasteiger partial charge in [0, 0.05) is 11.9 Å². The maximum absolute atomic E-state index is 5.73. The van der Waals surface area contributed by atoms with Gasteiger partial charge in [-0.2, -0.15) is 0 Å². The van der Waals surface area contributed by atoms with E-state index in [1.165, 1.54) is 0 Å². The molecular weight excluding hydrogens is 208 g/mol. The molecule has 6 heteroatoms. The van der Waals surface area contributed by atoms with Crippen molar-refractivity contribution < 1.29 is 9.47 Å². The van der Waals surface area contributed by atoms with E-state index >= 15 is 0 Å². The molecule has 2 aromatic rings. The van der Waals surface area contributed by atoms with Crippen molar-refractivity contribution in [1.29, 1.82) is 0 Å². The molecule has 0 amide bonds. The maximum atomic E-state index is 5.73. The number of hydrogen-bond acceptors (Lipinski definition) is 5. The largest absolute Gasteiger partial charge is 0.398 e. The monoisotopic (exact) mass is 220 g/mol. The lowest BCUT2D eigenvalue weighted by Gasteiger charge is -2.21. The van der Waals surface area contributed by atoms with Gasteiger partial charge >= 0.3 is 0 Å². The van der Waals surface area contributed by atoms with Crippen LogP contribution in [0.25, 0.3) is 5.65 Å². The second-order valence-electron chi connectivity index (χ2n) is 3.68. The fourth-order valence-corrected chi connectivity index (χ4v) is 1.78. The second-order valence-corrected chi connectivity index (χ2v) is 3.68. The minimum atomic E-state index is -0.162. The highest BCUT2D eigenvalue weighted by molar-refractivity contribution is 5.47. The molecule has 1 saturated heterocycles. The summed E-state index contributed by atoms with van der Waals surface area (Å²) in [6.45, 7) is 1.73. The minimum absolute atomic E-state index is 0.162. The minimum Gasteiger partial charge on any atom is -0.398 e. The summed E-state index contributed by atoms with van der Waals surface area (Å²) in [6.07, 6.45) is 1.63. The summed E-state index contributed by atoms with van der Waals surface area (Å²) < 4.78 is 12.8. The Bertz CT molecular complexity index is 504. The van der Waals surface area contributed by atoms with Crippen LogP contribution in [0, 0.1) is 0 Å². The van der Waals surface area contributed by atoms with Crippen molar-refractivity contribution in [1.82, 2.24) is 14.6 Å². The highest BCUT2D eigenvalue weighted by atomic mass is 16.6. The van der Waals surface area contributed by atoms with Crippen LogP contribution >= 0.6 is 0 Å². The molecule has 1 fully saturated rings. The van der Waals surface area contributed by atoms with Crippen molar-refractivity contribution in [3.8, 4) is 0 Å². The SMILES string of the molecule is Nc1ccc2nnc(C3COCCO3)n2c1. The third-order valence-electron chi connectivity index (χ3n) is 2.56. The van der Waals surface area contributed by atoms with Crippen LogP contribution < -0.4 is 5.73 Å². The number of nitrogens with zero attached hydrogens (tertiary/aromatic N) is 3. The molecule has 0 radical (unpaired) electrons. The highest BCUT2D eigenvalue weighted by Gasteiger charge is 2.21. The van der Waals surface area contributed by atoms with Crippen molar-refractivity contribution in [2.24, 2.45) is 0 Å². The van der Waals surface area contributed by atoms with E-state index in [1.54, 1.807) is 12.3 Å². The van der Waals surface area contributed by atoms with Crippen LogP contribution in [0.4, 0.5) is 5.69 Å². The number of anilines is 1. The molecule has 1 unspecified atom stereocenters. The van der Waals surface area contributed by atoms with Crippen molar-refractivity contribution in [3.05, 3.63) is 24.2 Å². The molecule has 3 rings (SSSR count). The number of ether oxygens (including phenoxy) is 2. The predicted molar refractivity (Wildman–Crippen MR) is 56.9 cm³/mol. The molecule has 6 nitrogen and oxygen atoms in total. The van der Waals surface area contributed by atoms with Crippen LogP contribution in [0.15, 0.2) is 18.3 Å². The molecule has 1 atom stereocenters. The molecule has 0 bridgehead atoms. The van der Waals surface area contributed by atoms with E-state index in [9.17, 15) is 0 Å². The molecule has 0 aliphatic carbocycles. The Morgan fingerprint density at radius 2 is 2.25 bits per heavy atom. The molecule has 0 spiro atoms. The van der Waals surface area contributed by atoms with Gasteiger partial charge in [-0.15, -0.1) is 10.2 Å². The van der Waals surface area contributed by atoms with Gasteiger partial charge in [0.05, 0.1) is 19.8 Å². The summed E-state index contributed by atoms with van der Waals surface area (Å²) >= 11 is 0. The van der Waals surface area contributed by atoms with Crippen molar-refractivity contribution >= 4 is 11.3 Å². The van der Waals surface area contributed by atoms with E-state index in [-0.39, 0.29) is 6.10 Å². The lowest BCUT2D eigenvalue weighted by atomic mass is 10.3. The summed E-state index contributed by atoms with van der Waals surface area (Å²) in [7, 11) is 0. The van der Waals surface area contributed by atoms with Gasteiger partial charge in [-0.1, -0.05) is 0 Å². The van der Waals surface area contributed by atoms with Crippen LogP contribution in [0.1, 0.15) is 11.9 Å². The first kappa shape index (κ1) is 9.56. The first-order valence-electron chi connectivity index (χ1n) is 5.14. The Kier molecular flexibility index (Phi) is 2.23. The summed E-state index contributed by atoms with van der Waals surface area (Å²) in [5.41, 5.74) is 7.17. The number of hydrogen-bond donors (Lipinski definition) is 1. The molecule has 1 aliphatic heterocycles. The zero-order valence-corrected chi connectivity index (χ0v) is 8.67. The first-order chi connectivity index (χ1) is 7.84. The average molecular weight is 220 g/mol. The number of fused-ring (bicyclic) bond motifs is 1. The molecular formula is C10H12N4O2. The van der Waals surface area contributed by atoms with Crippen LogP contribution in [0.3, 0.4) is 0 Å². The smallest absolute Gasteiger partial charge is 0.169 e. The fraction of sp³-hybridized carbons (Fsp3) is 0.400. The zero-order valence-electron chi connectivity index (χ0n) is 8.67. The lowest BCUT2D eigenvalue weighted by molar-refractivity contribution is -0.0938. The first-order valence-corrected chi connectivity index (χ1v) is 5.14. The third kappa shape index (κ3) is 1.52. The summed E-state index contributed by atoms with van der Waals surface area (Å²) in [4.78, 5) is 0. The third-order valence-corrected chi connectivity index (χ3v) is 2.56. The number of nitrogen functional groups attached to an aromatic ring is 1. The van der Waals surface area contributed by atoms with Crippen LogP contribution in [0.5, 0.6) is 0 Å². The standard InChI is InChI=1S/C10H12N4O2/c11-7-1-2-9-12-13-10(14(9)5-7)8-6-15-3-4-16-8/h1-2,5,8H,3-4,6,11H2. The van der Waals surface area contributed by atoms with Gasteiger partial charge in [0.2, 0.25) is 0 Å². The van der Waals surface area contributed by atoms with Crippen molar-refractivity contribution in [2.45, 2.75) is 6.10 Å². The average Bonchev–Trinajstić information content (AvgIpc) is 2.73. The normalized spacial score (nSPS) is 21.4. The van der Waals surface area contributed by atoms with Gasteiger partial charge in [-0.3, -0.25) is 4.40 Å². The van der Waals surface area contributed by atoms with Gasteiger partial charge in [0.15, 0.2) is 11.5 Å². The van der Waals surface area contributed by atoms with Gasteiger partial charge in [0.25, 0.3) is 0 Å². The van der Waals surface area contributed by atoms with Crippen LogP contribution in [-0.2, 0) is 9.47 Å². The molecule has 2 N–H and O–H groups in total. The van der Waals surface area contributed by atoms with Crippen molar-refractivity contribution in [2.75, 3.05) is 25.6 Å².